The van der Waals surface area contributed by atoms with Crippen LogP contribution >= 0.6 is 0 Å². The summed E-state index contributed by atoms with van der Waals surface area (Å²) in [4.78, 5) is 11.3. The number of carbonyl (C=O) groups is 1. The normalized spacial score (nSPS) is 12.9. The van der Waals surface area contributed by atoms with Crippen molar-refractivity contribution in [2.45, 2.75) is 13.0 Å². The summed E-state index contributed by atoms with van der Waals surface area (Å²) in [5.74, 6) is 0. The minimum atomic E-state index is -0.0625. The number of carbonyl (C=O) groups excluding carboxylic acids is 1. The highest BCUT2D eigenvalue weighted by atomic mass is 16.3. The fourth-order valence-electron chi connectivity index (χ4n) is 0.233. The molecule has 8 heavy (non-hydrogen) atoms. The lowest BCUT2D eigenvalue weighted by Crippen LogP contribution is -2.30. The van der Waals surface area contributed by atoms with Crippen molar-refractivity contribution in [3.8, 4) is 0 Å². The van der Waals surface area contributed by atoms with E-state index in [-0.39, 0.29) is 12.6 Å². The number of amides is 1. The van der Waals surface area contributed by atoms with Crippen LogP contribution in [0.5, 0.6) is 0 Å². The van der Waals surface area contributed by atoms with Crippen LogP contribution in [0.1, 0.15) is 6.92 Å². The average Bonchev–Trinajstić information content (AvgIpc) is 1.84. The van der Waals surface area contributed by atoms with Gasteiger partial charge in [0.1, 0.15) is 0 Å². The van der Waals surface area contributed by atoms with E-state index in [1.54, 1.807) is 14.0 Å². The van der Waals surface area contributed by atoms with Crippen LogP contribution in [-0.2, 0) is 4.79 Å². The summed E-state index contributed by atoms with van der Waals surface area (Å²) in [6.07, 6.45) is 0.695. The standard InChI is InChI=1S/C5H11NO2/c1-5(3-7)6(2)4-8/h4-5,7H,3H2,1-2H3. The van der Waals surface area contributed by atoms with Gasteiger partial charge in [0, 0.05) is 7.05 Å². The molecule has 1 atom stereocenters. The van der Waals surface area contributed by atoms with Gasteiger partial charge in [0.25, 0.3) is 0 Å². The molecule has 0 aromatic rings. The Labute approximate surface area is 48.9 Å². The van der Waals surface area contributed by atoms with Gasteiger partial charge in [-0.05, 0) is 6.92 Å². The summed E-state index contributed by atoms with van der Waals surface area (Å²) in [6, 6.07) is -0.0625. The molecule has 0 rings (SSSR count). The predicted molar refractivity (Wildman–Crippen MR) is 30.4 cm³/mol. The molecule has 0 bridgehead atoms. The zero-order valence-corrected chi connectivity index (χ0v) is 5.16. The minimum Gasteiger partial charge on any atom is -0.394 e. The molecule has 0 saturated carbocycles. The van der Waals surface area contributed by atoms with Gasteiger partial charge in [-0.3, -0.25) is 4.79 Å². The summed E-state index contributed by atoms with van der Waals surface area (Å²) in [7, 11) is 1.63. The van der Waals surface area contributed by atoms with Gasteiger partial charge >= 0.3 is 0 Å². The lowest BCUT2D eigenvalue weighted by molar-refractivity contribution is -0.119. The predicted octanol–water partition coefficient (Wildman–Crippen LogP) is -0.545. The molecule has 1 amide bonds. The molecule has 0 radical (unpaired) electrons. The van der Waals surface area contributed by atoms with Crippen LogP contribution in [0.2, 0.25) is 0 Å². The number of aliphatic hydroxyl groups is 1. The van der Waals surface area contributed by atoms with E-state index in [2.05, 4.69) is 0 Å². The lowest BCUT2D eigenvalue weighted by Gasteiger charge is -2.16. The first-order valence-electron chi connectivity index (χ1n) is 2.50. The summed E-state index contributed by atoms with van der Waals surface area (Å²) >= 11 is 0. The Balaban J connectivity index is 3.44. The number of hydrogen-bond donors (Lipinski definition) is 1. The molecule has 3 heteroatoms. The number of likely N-dealkylation sites (N-methyl/N-ethyl adjacent to an activating group) is 1. The largest absolute Gasteiger partial charge is 0.394 e. The van der Waals surface area contributed by atoms with E-state index in [1.165, 1.54) is 4.90 Å². The molecule has 0 aliphatic rings. The molecule has 0 heterocycles. The van der Waals surface area contributed by atoms with E-state index < -0.39 is 0 Å². The Morgan fingerprint density at radius 2 is 2.38 bits per heavy atom. The average molecular weight is 117 g/mol. The van der Waals surface area contributed by atoms with Gasteiger partial charge in [0.15, 0.2) is 0 Å². The zero-order chi connectivity index (χ0) is 6.57. The molecular weight excluding hydrogens is 106 g/mol. The number of hydrogen-bond acceptors (Lipinski definition) is 2. The maximum absolute atomic E-state index is 9.92. The van der Waals surface area contributed by atoms with E-state index in [9.17, 15) is 4.79 Å². The Hall–Kier alpha value is -0.570. The molecule has 0 aliphatic carbocycles. The third kappa shape index (κ3) is 1.93. The van der Waals surface area contributed by atoms with E-state index >= 15 is 0 Å². The Kier molecular flexibility index (Phi) is 3.19. The first kappa shape index (κ1) is 7.43. The van der Waals surface area contributed by atoms with Gasteiger partial charge < -0.3 is 10.0 Å². The maximum atomic E-state index is 9.92. The fraction of sp³-hybridized carbons (Fsp3) is 0.800. The summed E-state index contributed by atoms with van der Waals surface area (Å²) < 4.78 is 0. The van der Waals surface area contributed by atoms with E-state index in [0.717, 1.165) is 0 Å². The third-order valence-electron chi connectivity index (χ3n) is 1.13. The quantitative estimate of drug-likeness (QED) is 0.504. The minimum absolute atomic E-state index is 0.0231. The highest BCUT2D eigenvalue weighted by Crippen LogP contribution is 1.86. The summed E-state index contributed by atoms with van der Waals surface area (Å²) in [6.45, 7) is 1.80. The van der Waals surface area contributed by atoms with Crippen LogP contribution in [0, 0.1) is 0 Å². The highest BCUT2D eigenvalue weighted by Gasteiger charge is 2.01. The van der Waals surface area contributed by atoms with Crippen LogP contribution in [0.15, 0.2) is 0 Å². The molecule has 1 N–H and O–H groups in total. The topological polar surface area (TPSA) is 40.5 Å². The molecular formula is C5H11NO2. The summed E-state index contributed by atoms with van der Waals surface area (Å²) in [5.41, 5.74) is 0. The molecule has 0 saturated heterocycles. The number of aliphatic hydroxyl groups excluding tert-OH is 1. The first-order valence-corrected chi connectivity index (χ1v) is 2.50. The van der Waals surface area contributed by atoms with Crippen molar-refractivity contribution < 1.29 is 9.90 Å². The van der Waals surface area contributed by atoms with Crippen molar-refractivity contribution >= 4 is 6.41 Å². The Morgan fingerprint density at radius 3 is 2.50 bits per heavy atom. The third-order valence-corrected chi connectivity index (χ3v) is 1.13. The second-order valence-electron chi connectivity index (χ2n) is 1.80. The number of rotatable bonds is 3. The molecule has 48 valence electrons. The fourth-order valence-corrected chi connectivity index (χ4v) is 0.233. The van der Waals surface area contributed by atoms with Gasteiger partial charge in [0.05, 0.1) is 12.6 Å². The molecule has 1 unspecified atom stereocenters. The van der Waals surface area contributed by atoms with Gasteiger partial charge in [-0.15, -0.1) is 0 Å². The van der Waals surface area contributed by atoms with Crippen molar-refractivity contribution in [1.82, 2.24) is 4.90 Å². The van der Waals surface area contributed by atoms with Crippen LogP contribution in [0.4, 0.5) is 0 Å². The Bertz CT molecular complexity index is 74.8. The van der Waals surface area contributed by atoms with Crippen molar-refractivity contribution in [3.05, 3.63) is 0 Å². The van der Waals surface area contributed by atoms with E-state index in [0.29, 0.717) is 6.41 Å². The van der Waals surface area contributed by atoms with Gasteiger partial charge in [-0.25, -0.2) is 0 Å². The van der Waals surface area contributed by atoms with Gasteiger partial charge in [-0.2, -0.15) is 0 Å². The van der Waals surface area contributed by atoms with Crippen LogP contribution in [0.25, 0.3) is 0 Å². The van der Waals surface area contributed by atoms with E-state index in [1.807, 2.05) is 0 Å². The van der Waals surface area contributed by atoms with Crippen LogP contribution < -0.4 is 0 Å². The molecule has 0 aliphatic heterocycles. The molecule has 0 fully saturated rings. The van der Waals surface area contributed by atoms with Crippen molar-refractivity contribution in [2.75, 3.05) is 13.7 Å². The highest BCUT2D eigenvalue weighted by molar-refractivity contribution is 5.46. The number of nitrogens with zero attached hydrogens (tertiary/aromatic N) is 1. The molecule has 0 aromatic heterocycles. The zero-order valence-electron chi connectivity index (χ0n) is 5.16. The summed E-state index contributed by atoms with van der Waals surface area (Å²) in [5, 5.41) is 8.44. The maximum Gasteiger partial charge on any atom is 0.209 e. The first-order chi connectivity index (χ1) is 3.72. The SMILES string of the molecule is CC(CO)N(C)C=O. The monoisotopic (exact) mass is 117 g/mol. The lowest BCUT2D eigenvalue weighted by atomic mass is 10.3. The Morgan fingerprint density at radius 1 is 1.88 bits per heavy atom. The van der Waals surface area contributed by atoms with Gasteiger partial charge in [0.2, 0.25) is 6.41 Å². The smallest absolute Gasteiger partial charge is 0.209 e. The molecule has 0 aromatic carbocycles. The molecule has 0 spiro atoms. The van der Waals surface area contributed by atoms with E-state index in [4.69, 9.17) is 5.11 Å². The van der Waals surface area contributed by atoms with Gasteiger partial charge in [-0.1, -0.05) is 0 Å². The molecule has 3 nitrogen and oxygen atoms in total. The van der Waals surface area contributed by atoms with Crippen molar-refractivity contribution in [3.63, 3.8) is 0 Å². The van der Waals surface area contributed by atoms with Crippen molar-refractivity contribution in [1.29, 1.82) is 0 Å². The van der Waals surface area contributed by atoms with Crippen LogP contribution in [-0.4, -0.2) is 36.1 Å². The second kappa shape index (κ2) is 3.43. The second-order valence-corrected chi connectivity index (χ2v) is 1.80. The van der Waals surface area contributed by atoms with Crippen LogP contribution in [0.3, 0.4) is 0 Å². The van der Waals surface area contributed by atoms with Crippen molar-refractivity contribution in [2.24, 2.45) is 0 Å².